The zero-order chi connectivity index (χ0) is 23.6. The molecule has 0 aromatic heterocycles. The number of carbonyl (C=O) groups excluding carboxylic acids is 1. The molecule has 1 aromatic rings. The molecule has 0 unspecified atom stereocenters. The number of carbonyl (C=O) groups is 1. The molecule has 5 rings (SSSR count). The minimum absolute atomic E-state index is 0.193. The fourth-order valence-corrected chi connectivity index (χ4v) is 10.0. The number of hydrogen-bond acceptors (Lipinski definition) is 4. The van der Waals surface area contributed by atoms with Gasteiger partial charge in [0, 0.05) is 5.92 Å². The van der Waals surface area contributed by atoms with Crippen molar-refractivity contribution in [1.29, 1.82) is 0 Å². The summed E-state index contributed by atoms with van der Waals surface area (Å²) >= 11 is 0. The van der Waals surface area contributed by atoms with Gasteiger partial charge in [0.05, 0.1) is 11.0 Å². The highest BCUT2D eigenvalue weighted by molar-refractivity contribution is 7.86. The number of hydrogen-bond donors (Lipinski definition) is 0. The van der Waals surface area contributed by atoms with Crippen LogP contribution in [0.3, 0.4) is 0 Å². The van der Waals surface area contributed by atoms with Gasteiger partial charge in [0.15, 0.2) is 0 Å². The molecule has 5 heteroatoms. The van der Waals surface area contributed by atoms with Gasteiger partial charge in [-0.25, -0.2) is 0 Å². The highest BCUT2D eigenvalue weighted by atomic mass is 32.2. The lowest BCUT2D eigenvalue weighted by molar-refractivity contribution is -0.137. The van der Waals surface area contributed by atoms with Crippen LogP contribution in [0.15, 0.2) is 29.2 Å². The third kappa shape index (κ3) is 3.82. The van der Waals surface area contributed by atoms with E-state index in [9.17, 15) is 13.2 Å². The molecule has 0 saturated heterocycles. The van der Waals surface area contributed by atoms with Gasteiger partial charge in [-0.2, -0.15) is 8.42 Å². The average molecular weight is 473 g/mol. The first kappa shape index (κ1) is 23.5. The highest BCUT2D eigenvalue weighted by Crippen LogP contribution is 2.67. The molecule has 4 saturated carbocycles. The summed E-state index contributed by atoms with van der Waals surface area (Å²) in [5.41, 5.74) is 1.50. The van der Waals surface area contributed by atoms with Crippen molar-refractivity contribution in [2.75, 3.05) is 0 Å². The Kier molecular flexibility index (Phi) is 5.84. The predicted octanol–water partition coefficient (Wildman–Crippen LogP) is 6.32. The lowest BCUT2D eigenvalue weighted by Crippen LogP contribution is -2.54. The second kappa shape index (κ2) is 8.19. The van der Waals surface area contributed by atoms with Gasteiger partial charge >= 0.3 is 0 Å². The Hall–Kier alpha value is -1.20. The molecule has 0 radical (unpaired) electrons. The quantitative estimate of drug-likeness (QED) is 0.481. The van der Waals surface area contributed by atoms with E-state index in [0.717, 1.165) is 37.2 Å². The van der Waals surface area contributed by atoms with Crippen molar-refractivity contribution in [3.05, 3.63) is 29.8 Å². The number of rotatable bonds is 4. The van der Waals surface area contributed by atoms with Crippen molar-refractivity contribution >= 4 is 15.9 Å². The zero-order valence-electron chi connectivity index (χ0n) is 20.7. The summed E-state index contributed by atoms with van der Waals surface area (Å²) in [7, 11) is -3.72. The smallest absolute Gasteiger partial charge is 0.297 e. The van der Waals surface area contributed by atoms with Gasteiger partial charge in [-0.1, -0.05) is 31.5 Å². The number of benzene rings is 1. The van der Waals surface area contributed by atoms with Crippen molar-refractivity contribution in [3.8, 4) is 0 Å². The molecule has 0 bridgehead atoms. The number of fused-ring (bicyclic) bond motifs is 5. The van der Waals surface area contributed by atoms with Gasteiger partial charge < -0.3 is 0 Å². The van der Waals surface area contributed by atoms with Crippen LogP contribution in [-0.4, -0.2) is 20.3 Å². The first-order chi connectivity index (χ1) is 15.5. The lowest BCUT2D eigenvalue weighted by atomic mass is 9.44. The van der Waals surface area contributed by atoms with E-state index in [-0.39, 0.29) is 27.7 Å². The molecule has 4 aliphatic rings. The average Bonchev–Trinajstić information content (AvgIpc) is 3.11. The van der Waals surface area contributed by atoms with Crippen LogP contribution in [0.25, 0.3) is 0 Å². The van der Waals surface area contributed by atoms with Crippen LogP contribution in [0.4, 0.5) is 0 Å². The van der Waals surface area contributed by atoms with Crippen molar-refractivity contribution in [2.45, 2.75) is 96.5 Å². The van der Waals surface area contributed by atoms with Crippen LogP contribution in [0, 0.1) is 47.3 Å². The summed E-state index contributed by atoms with van der Waals surface area (Å²) in [6.07, 6.45) is 9.58. The molecular weight excluding hydrogens is 432 g/mol. The fraction of sp³-hybridized carbons (Fsp3) is 0.750. The Labute approximate surface area is 200 Å². The van der Waals surface area contributed by atoms with E-state index in [1.54, 1.807) is 19.1 Å². The summed E-state index contributed by atoms with van der Waals surface area (Å²) in [5.74, 6) is 3.28. The Balaban J connectivity index is 1.30. The molecule has 4 nitrogen and oxygen atoms in total. The summed E-state index contributed by atoms with van der Waals surface area (Å²) in [6, 6.07) is 6.95. The Morgan fingerprint density at radius 2 is 1.58 bits per heavy atom. The van der Waals surface area contributed by atoms with Crippen LogP contribution in [-0.2, 0) is 19.1 Å². The normalized spacial score (nSPS) is 42.8. The summed E-state index contributed by atoms with van der Waals surface area (Å²) < 4.78 is 31.5. The topological polar surface area (TPSA) is 60.4 Å². The third-order valence-corrected chi connectivity index (χ3v) is 12.1. The van der Waals surface area contributed by atoms with Gasteiger partial charge in [-0.05, 0) is 118 Å². The maximum absolute atomic E-state index is 12.9. The van der Waals surface area contributed by atoms with Gasteiger partial charge in [0.2, 0.25) is 0 Å². The summed E-state index contributed by atoms with van der Waals surface area (Å²) in [6.45, 7) is 8.64. The van der Waals surface area contributed by atoms with E-state index in [1.165, 1.54) is 32.1 Å². The van der Waals surface area contributed by atoms with E-state index in [1.807, 2.05) is 19.1 Å². The molecule has 8 atom stereocenters. The first-order valence-corrected chi connectivity index (χ1v) is 14.5. The molecule has 0 spiro atoms. The maximum atomic E-state index is 12.9. The number of Topliss-reactive ketones (excluding diaryl/α,β-unsaturated/α-hetero) is 1. The molecule has 4 aliphatic carbocycles. The minimum Gasteiger partial charge on any atom is -0.300 e. The molecule has 0 amide bonds. The Morgan fingerprint density at radius 1 is 0.909 bits per heavy atom. The molecule has 182 valence electrons. The van der Waals surface area contributed by atoms with Crippen molar-refractivity contribution < 1.29 is 17.4 Å². The Bertz CT molecular complexity index is 1010. The van der Waals surface area contributed by atoms with E-state index < -0.39 is 10.1 Å². The predicted molar refractivity (Wildman–Crippen MR) is 129 cm³/mol. The molecular formula is C28H40O4S. The van der Waals surface area contributed by atoms with Crippen LogP contribution >= 0.6 is 0 Å². The van der Waals surface area contributed by atoms with Crippen LogP contribution in [0.5, 0.6) is 0 Å². The van der Waals surface area contributed by atoms with E-state index in [2.05, 4.69) is 13.8 Å². The molecule has 0 N–H and O–H groups in total. The van der Waals surface area contributed by atoms with Crippen LogP contribution in [0.2, 0.25) is 0 Å². The molecule has 33 heavy (non-hydrogen) atoms. The molecule has 1 aromatic carbocycles. The van der Waals surface area contributed by atoms with Gasteiger partial charge in [0.25, 0.3) is 10.1 Å². The Morgan fingerprint density at radius 3 is 2.27 bits per heavy atom. The molecule has 0 aliphatic heterocycles. The van der Waals surface area contributed by atoms with Crippen LogP contribution in [0.1, 0.15) is 84.1 Å². The third-order valence-electron chi connectivity index (χ3n) is 10.7. The monoisotopic (exact) mass is 472 g/mol. The minimum atomic E-state index is -3.72. The first-order valence-electron chi connectivity index (χ1n) is 13.0. The highest BCUT2D eigenvalue weighted by Gasteiger charge is 2.61. The maximum Gasteiger partial charge on any atom is 0.297 e. The van der Waals surface area contributed by atoms with Crippen molar-refractivity contribution in [2.24, 2.45) is 40.4 Å². The fourth-order valence-electron chi connectivity index (χ4n) is 8.91. The second-order valence-corrected chi connectivity index (χ2v) is 13.8. The SMILES string of the molecule is CC(=O)[C@H]1CC[C@H]2[C@@H]3CC[C@H]4C[C@H](OS(=O)(=O)c5ccc(C)cc5)CC[C@]4(C)[C@H]3CC[C@]12C. The van der Waals surface area contributed by atoms with Crippen molar-refractivity contribution in [1.82, 2.24) is 0 Å². The van der Waals surface area contributed by atoms with Gasteiger partial charge in [-0.15, -0.1) is 0 Å². The lowest BCUT2D eigenvalue weighted by Gasteiger charge is -2.61. The second-order valence-electron chi connectivity index (χ2n) is 12.2. The van der Waals surface area contributed by atoms with Crippen LogP contribution < -0.4 is 0 Å². The van der Waals surface area contributed by atoms with E-state index in [4.69, 9.17) is 4.18 Å². The number of ketones is 1. The molecule has 4 fully saturated rings. The number of aryl methyl sites for hydroxylation is 1. The zero-order valence-corrected chi connectivity index (χ0v) is 21.5. The van der Waals surface area contributed by atoms with Crippen molar-refractivity contribution in [3.63, 3.8) is 0 Å². The van der Waals surface area contributed by atoms with E-state index in [0.29, 0.717) is 23.5 Å². The summed E-state index contributed by atoms with van der Waals surface area (Å²) in [5, 5.41) is 0. The summed E-state index contributed by atoms with van der Waals surface area (Å²) in [4.78, 5) is 12.6. The van der Waals surface area contributed by atoms with Gasteiger partial charge in [0.1, 0.15) is 5.78 Å². The van der Waals surface area contributed by atoms with E-state index >= 15 is 0 Å². The van der Waals surface area contributed by atoms with Gasteiger partial charge in [-0.3, -0.25) is 8.98 Å². The molecule has 0 heterocycles. The standard InChI is InChI=1S/C28H40O4S/c1-18-5-8-22(9-6-18)33(30,31)32-21-13-15-27(3)20(17-21)7-10-23-25-12-11-24(19(2)29)28(25,4)16-14-26(23)27/h5-6,8-9,20-21,23-26H,7,10-17H2,1-4H3/t20-,21+,23-,24+,25-,26-,27-,28+/m0/s1. The largest absolute Gasteiger partial charge is 0.300 e.